The van der Waals surface area contributed by atoms with Crippen LogP contribution < -0.4 is 5.73 Å². The van der Waals surface area contributed by atoms with E-state index in [1.165, 1.54) is 11.3 Å². The number of hydrogen-bond acceptors (Lipinski definition) is 4. The molecule has 0 bridgehead atoms. The Morgan fingerprint density at radius 1 is 1.57 bits per heavy atom. The monoisotopic (exact) mass is 226 g/mol. The molecule has 2 rings (SSSR count). The molecular formula is C9H10N2OS2. The molecule has 0 aliphatic carbocycles. The van der Waals surface area contributed by atoms with E-state index in [1.54, 1.807) is 0 Å². The second-order valence-corrected chi connectivity index (χ2v) is 5.53. The quantitative estimate of drug-likeness (QED) is 0.852. The van der Waals surface area contributed by atoms with Crippen molar-refractivity contribution in [3.05, 3.63) is 18.2 Å². The second kappa shape index (κ2) is 3.67. The van der Waals surface area contributed by atoms with Gasteiger partial charge in [-0.05, 0) is 12.1 Å². The zero-order valence-electron chi connectivity index (χ0n) is 7.69. The van der Waals surface area contributed by atoms with Crippen LogP contribution in [0.1, 0.15) is 6.92 Å². The van der Waals surface area contributed by atoms with Crippen LogP contribution in [-0.2, 0) is 10.8 Å². The van der Waals surface area contributed by atoms with Crippen molar-refractivity contribution in [2.45, 2.75) is 11.8 Å². The second-order valence-electron chi connectivity index (χ2n) is 2.79. The zero-order chi connectivity index (χ0) is 10.1. The number of nitrogen functional groups attached to an aromatic ring is 1. The minimum atomic E-state index is -0.937. The highest BCUT2D eigenvalue weighted by Crippen LogP contribution is 2.29. The van der Waals surface area contributed by atoms with Gasteiger partial charge in [0.2, 0.25) is 0 Å². The lowest BCUT2D eigenvalue weighted by Gasteiger charge is -1.98. The van der Waals surface area contributed by atoms with Crippen LogP contribution in [0.25, 0.3) is 10.2 Å². The lowest BCUT2D eigenvalue weighted by molar-refractivity contribution is 0.684. The van der Waals surface area contributed by atoms with Crippen LogP contribution >= 0.6 is 11.3 Å². The van der Waals surface area contributed by atoms with Gasteiger partial charge in [-0.1, -0.05) is 24.3 Å². The summed E-state index contributed by atoms with van der Waals surface area (Å²) in [5.41, 5.74) is 6.45. The van der Waals surface area contributed by atoms with Gasteiger partial charge in [0.15, 0.2) is 5.13 Å². The van der Waals surface area contributed by atoms with Gasteiger partial charge in [-0.3, -0.25) is 4.21 Å². The summed E-state index contributed by atoms with van der Waals surface area (Å²) in [5.74, 6) is 0.622. The van der Waals surface area contributed by atoms with Crippen LogP contribution in [0.15, 0.2) is 23.1 Å². The highest BCUT2D eigenvalue weighted by atomic mass is 32.2. The van der Waals surface area contributed by atoms with Gasteiger partial charge in [-0.2, -0.15) is 0 Å². The molecule has 0 saturated carbocycles. The Bertz CT molecular complexity index is 493. The van der Waals surface area contributed by atoms with Gasteiger partial charge in [0.25, 0.3) is 0 Å². The van der Waals surface area contributed by atoms with Crippen LogP contribution in [0, 0.1) is 0 Å². The molecule has 0 fully saturated rings. The first-order chi connectivity index (χ1) is 6.72. The Morgan fingerprint density at radius 2 is 2.36 bits per heavy atom. The van der Waals surface area contributed by atoms with Crippen molar-refractivity contribution in [2.75, 3.05) is 11.5 Å². The molecule has 74 valence electrons. The average molecular weight is 226 g/mol. The van der Waals surface area contributed by atoms with Crippen LogP contribution in [-0.4, -0.2) is 14.9 Å². The first-order valence-electron chi connectivity index (χ1n) is 4.25. The van der Waals surface area contributed by atoms with E-state index in [4.69, 9.17) is 5.73 Å². The molecule has 0 aliphatic heterocycles. The summed E-state index contributed by atoms with van der Waals surface area (Å²) in [4.78, 5) is 5.00. The van der Waals surface area contributed by atoms with Crippen molar-refractivity contribution >= 4 is 37.5 Å². The van der Waals surface area contributed by atoms with Gasteiger partial charge in [-0.25, -0.2) is 4.98 Å². The molecule has 0 aliphatic rings. The molecular weight excluding hydrogens is 216 g/mol. The number of nitrogens with two attached hydrogens (primary N) is 1. The first-order valence-corrected chi connectivity index (χ1v) is 6.39. The van der Waals surface area contributed by atoms with E-state index in [-0.39, 0.29) is 0 Å². The van der Waals surface area contributed by atoms with Crippen LogP contribution in [0.5, 0.6) is 0 Å². The molecule has 1 aromatic carbocycles. The number of thiazole rings is 1. The van der Waals surface area contributed by atoms with Crippen molar-refractivity contribution in [3.63, 3.8) is 0 Å². The van der Waals surface area contributed by atoms with E-state index in [1.807, 2.05) is 25.1 Å². The molecule has 0 spiro atoms. The van der Waals surface area contributed by atoms with Crippen LogP contribution in [0.4, 0.5) is 5.13 Å². The number of benzene rings is 1. The maximum Gasteiger partial charge on any atom is 0.181 e. The van der Waals surface area contributed by atoms with Crippen molar-refractivity contribution in [1.82, 2.24) is 4.98 Å². The third-order valence-electron chi connectivity index (χ3n) is 1.90. The topological polar surface area (TPSA) is 56.0 Å². The fourth-order valence-corrected chi connectivity index (χ4v) is 3.27. The molecule has 0 radical (unpaired) electrons. The third kappa shape index (κ3) is 1.53. The van der Waals surface area contributed by atoms with Crippen molar-refractivity contribution in [3.8, 4) is 0 Å². The van der Waals surface area contributed by atoms with E-state index in [9.17, 15) is 4.21 Å². The largest absolute Gasteiger partial charge is 0.375 e. The predicted molar refractivity (Wildman–Crippen MR) is 61.0 cm³/mol. The van der Waals surface area contributed by atoms with Gasteiger partial charge >= 0.3 is 0 Å². The van der Waals surface area contributed by atoms with Gasteiger partial charge < -0.3 is 5.73 Å². The van der Waals surface area contributed by atoms with Crippen LogP contribution in [0.3, 0.4) is 0 Å². The van der Waals surface area contributed by atoms with E-state index in [2.05, 4.69) is 4.98 Å². The summed E-state index contributed by atoms with van der Waals surface area (Å²) in [5, 5.41) is 0.528. The molecule has 2 aromatic rings. The summed E-state index contributed by atoms with van der Waals surface area (Å²) in [6, 6.07) is 5.63. The third-order valence-corrected chi connectivity index (χ3v) is 4.32. The highest BCUT2D eigenvalue weighted by molar-refractivity contribution is 7.85. The summed E-state index contributed by atoms with van der Waals surface area (Å²) in [6.07, 6.45) is 0. The molecule has 1 atom stereocenters. The first kappa shape index (κ1) is 9.61. The summed E-state index contributed by atoms with van der Waals surface area (Å²) in [7, 11) is -0.937. The highest BCUT2D eigenvalue weighted by Gasteiger charge is 2.09. The fraction of sp³-hybridized carbons (Fsp3) is 0.222. The Hall–Kier alpha value is -0.940. The fourth-order valence-electron chi connectivity index (χ4n) is 1.28. The molecule has 14 heavy (non-hydrogen) atoms. The number of fused-ring (bicyclic) bond motifs is 1. The standard InChI is InChI=1S/C9H10N2OS2/c1-2-14(12)7-5-3-4-6-8(7)13-9(10)11-6/h3-5H,2H2,1H3,(H2,10,11). The van der Waals surface area contributed by atoms with Gasteiger partial charge in [0.1, 0.15) is 0 Å². The molecule has 3 nitrogen and oxygen atoms in total. The minimum Gasteiger partial charge on any atom is -0.375 e. The maximum absolute atomic E-state index is 11.7. The van der Waals surface area contributed by atoms with E-state index >= 15 is 0 Å². The molecule has 2 N–H and O–H groups in total. The Labute approximate surface area is 88.4 Å². The lowest BCUT2D eigenvalue weighted by atomic mass is 10.3. The average Bonchev–Trinajstić information content (AvgIpc) is 2.56. The SMILES string of the molecule is CCS(=O)c1cccc2nc(N)sc12. The molecule has 0 amide bonds. The Kier molecular flexibility index (Phi) is 2.52. The number of aromatic nitrogens is 1. The predicted octanol–water partition coefficient (Wildman–Crippen LogP) is 2.01. The van der Waals surface area contributed by atoms with Gasteiger partial charge in [0.05, 0.1) is 25.9 Å². The summed E-state index contributed by atoms with van der Waals surface area (Å²) in [6.45, 7) is 1.90. The molecule has 1 unspecified atom stereocenters. The summed E-state index contributed by atoms with van der Waals surface area (Å²) < 4.78 is 12.6. The molecule has 1 aromatic heterocycles. The van der Waals surface area contributed by atoms with Crippen molar-refractivity contribution in [1.29, 1.82) is 0 Å². The van der Waals surface area contributed by atoms with Gasteiger partial charge in [-0.15, -0.1) is 0 Å². The number of nitrogens with zero attached hydrogens (tertiary/aromatic N) is 1. The maximum atomic E-state index is 11.7. The van der Waals surface area contributed by atoms with E-state index in [0.717, 1.165) is 15.1 Å². The van der Waals surface area contributed by atoms with Crippen molar-refractivity contribution in [2.24, 2.45) is 0 Å². The van der Waals surface area contributed by atoms with E-state index in [0.29, 0.717) is 10.9 Å². The Morgan fingerprint density at radius 3 is 3.07 bits per heavy atom. The van der Waals surface area contributed by atoms with Crippen LogP contribution in [0.2, 0.25) is 0 Å². The van der Waals surface area contributed by atoms with Gasteiger partial charge in [0, 0.05) is 5.75 Å². The number of rotatable bonds is 2. The molecule has 1 heterocycles. The number of hydrogen-bond donors (Lipinski definition) is 1. The lowest BCUT2D eigenvalue weighted by Crippen LogP contribution is -1.93. The van der Waals surface area contributed by atoms with E-state index < -0.39 is 10.8 Å². The van der Waals surface area contributed by atoms with Crippen molar-refractivity contribution < 1.29 is 4.21 Å². The number of anilines is 1. The normalized spacial score (nSPS) is 13.2. The molecule has 5 heteroatoms. The smallest absolute Gasteiger partial charge is 0.181 e. The zero-order valence-corrected chi connectivity index (χ0v) is 9.32. The molecule has 0 saturated heterocycles. The summed E-state index contributed by atoms with van der Waals surface area (Å²) >= 11 is 1.40. The minimum absolute atomic E-state index is 0.528. The Balaban J connectivity index is 2.70.